The van der Waals surface area contributed by atoms with Crippen LogP contribution in [-0.2, 0) is 11.2 Å². The summed E-state index contributed by atoms with van der Waals surface area (Å²) in [6.07, 6.45) is 11.1. The van der Waals surface area contributed by atoms with Gasteiger partial charge in [-0.05, 0) is 57.1 Å². The van der Waals surface area contributed by atoms with Crippen molar-refractivity contribution in [2.45, 2.75) is 57.4 Å². The van der Waals surface area contributed by atoms with Crippen molar-refractivity contribution >= 4 is 5.91 Å². The van der Waals surface area contributed by atoms with Crippen LogP contribution in [0.2, 0.25) is 0 Å². The Balaban J connectivity index is 1.41. The molecule has 1 atom stereocenters. The van der Waals surface area contributed by atoms with Crippen molar-refractivity contribution in [1.82, 2.24) is 10.2 Å². The first-order chi connectivity index (χ1) is 11.8. The zero-order chi connectivity index (χ0) is 16.6. The first-order valence-corrected chi connectivity index (χ1v) is 9.53. The lowest BCUT2D eigenvalue weighted by atomic mass is 9.96. The molecule has 0 aromatic heterocycles. The molecule has 0 radical (unpaired) electrons. The van der Waals surface area contributed by atoms with Gasteiger partial charge >= 0.3 is 0 Å². The summed E-state index contributed by atoms with van der Waals surface area (Å²) < 4.78 is 0. The fourth-order valence-electron chi connectivity index (χ4n) is 3.86. The van der Waals surface area contributed by atoms with Crippen LogP contribution in [0.4, 0.5) is 0 Å². The quantitative estimate of drug-likeness (QED) is 0.809. The van der Waals surface area contributed by atoms with Gasteiger partial charge in [0.25, 0.3) is 0 Å². The van der Waals surface area contributed by atoms with Crippen molar-refractivity contribution in [2.24, 2.45) is 0 Å². The lowest BCUT2D eigenvalue weighted by molar-refractivity contribution is -0.121. The SMILES string of the molecule is O=C(CC1=CCCCC1)N[C@H]1CCCN(CCc2ccccc2)C1. The van der Waals surface area contributed by atoms with Gasteiger partial charge in [0, 0.05) is 25.6 Å². The molecule has 1 aliphatic carbocycles. The number of hydrogen-bond donors (Lipinski definition) is 1. The highest BCUT2D eigenvalue weighted by Crippen LogP contribution is 2.20. The summed E-state index contributed by atoms with van der Waals surface area (Å²) in [5.41, 5.74) is 2.74. The summed E-state index contributed by atoms with van der Waals surface area (Å²) in [4.78, 5) is 14.8. The highest BCUT2D eigenvalue weighted by atomic mass is 16.1. The van der Waals surface area contributed by atoms with Gasteiger partial charge in [-0.2, -0.15) is 0 Å². The Hall–Kier alpha value is -1.61. The third-order valence-corrected chi connectivity index (χ3v) is 5.20. The molecule has 3 nitrogen and oxygen atoms in total. The number of carbonyl (C=O) groups is 1. The van der Waals surface area contributed by atoms with Crippen LogP contribution < -0.4 is 5.32 Å². The lowest BCUT2D eigenvalue weighted by Crippen LogP contribution is -2.48. The molecule has 0 saturated carbocycles. The molecule has 1 aromatic carbocycles. The van der Waals surface area contributed by atoms with Gasteiger partial charge in [-0.3, -0.25) is 4.79 Å². The van der Waals surface area contributed by atoms with E-state index >= 15 is 0 Å². The van der Waals surface area contributed by atoms with Crippen LogP contribution in [-0.4, -0.2) is 36.5 Å². The van der Waals surface area contributed by atoms with Gasteiger partial charge < -0.3 is 10.2 Å². The van der Waals surface area contributed by atoms with Crippen LogP contribution >= 0.6 is 0 Å². The van der Waals surface area contributed by atoms with Crippen molar-refractivity contribution in [3.8, 4) is 0 Å². The molecular formula is C21H30N2O. The molecule has 0 bridgehead atoms. The summed E-state index contributed by atoms with van der Waals surface area (Å²) in [6.45, 7) is 3.24. The Morgan fingerprint density at radius 3 is 2.83 bits per heavy atom. The van der Waals surface area contributed by atoms with Gasteiger partial charge in [-0.15, -0.1) is 0 Å². The van der Waals surface area contributed by atoms with E-state index in [1.165, 1.54) is 30.4 Å². The molecular weight excluding hydrogens is 296 g/mol. The Kier molecular flexibility index (Phi) is 6.48. The fourth-order valence-corrected chi connectivity index (χ4v) is 3.86. The van der Waals surface area contributed by atoms with Crippen LogP contribution in [0.1, 0.15) is 50.5 Å². The van der Waals surface area contributed by atoms with E-state index in [0.717, 1.165) is 45.3 Å². The second kappa shape index (κ2) is 9.03. The average Bonchev–Trinajstić information content (AvgIpc) is 2.62. The Labute approximate surface area is 146 Å². The number of piperidine rings is 1. The first kappa shape index (κ1) is 17.2. The summed E-state index contributed by atoms with van der Waals surface area (Å²) in [7, 11) is 0. The van der Waals surface area contributed by atoms with Crippen molar-refractivity contribution in [2.75, 3.05) is 19.6 Å². The van der Waals surface area contributed by atoms with E-state index in [9.17, 15) is 4.79 Å². The minimum Gasteiger partial charge on any atom is -0.352 e. The maximum absolute atomic E-state index is 12.3. The third kappa shape index (κ3) is 5.48. The molecule has 24 heavy (non-hydrogen) atoms. The Morgan fingerprint density at radius 2 is 2.04 bits per heavy atom. The average molecular weight is 326 g/mol. The minimum atomic E-state index is 0.220. The number of allylic oxidation sites excluding steroid dienone is 1. The molecule has 1 aliphatic heterocycles. The molecule has 0 spiro atoms. The van der Waals surface area contributed by atoms with E-state index in [0.29, 0.717) is 12.5 Å². The largest absolute Gasteiger partial charge is 0.352 e. The normalized spacial score (nSPS) is 22.0. The predicted octanol–water partition coefficient (Wildman–Crippen LogP) is 3.70. The topological polar surface area (TPSA) is 32.3 Å². The first-order valence-electron chi connectivity index (χ1n) is 9.53. The second-order valence-corrected chi connectivity index (χ2v) is 7.23. The molecule has 2 aliphatic rings. The number of amides is 1. The summed E-state index contributed by atoms with van der Waals surface area (Å²) in [5, 5.41) is 3.27. The molecule has 1 fully saturated rings. The van der Waals surface area contributed by atoms with Gasteiger partial charge in [0.2, 0.25) is 5.91 Å². The molecule has 1 N–H and O–H groups in total. The Morgan fingerprint density at radius 1 is 1.17 bits per heavy atom. The van der Waals surface area contributed by atoms with E-state index < -0.39 is 0 Å². The maximum atomic E-state index is 12.3. The van der Waals surface area contributed by atoms with Crippen molar-refractivity contribution < 1.29 is 4.79 Å². The van der Waals surface area contributed by atoms with Crippen LogP contribution in [0.25, 0.3) is 0 Å². The van der Waals surface area contributed by atoms with E-state index in [4.69, 9.17) is 0 Å². The number of nitrogens with zero attached hydrogens (tertiary/aromatic N) is 1. The van der Waals surface area contributed by atoms with E-state index in [-0.39, 0.29) is 5.91 Å². The monoisotopic (exact) mass is 326 g/mol. The summed E-state index contributed by atoms with van der Waals surface area (Å²) >= 11 is 0. The molecule has 1 aromatic rings. The van der Waals surface area contributed by atoms with Crippen LogP contribution in [0.5, 0.6) is 0 Å². The second-order valence-electron chi connectivity index (χ2n) is 7.23. The predicted molar refractivity (Wildman–Crippen MR) is 98.9 cm³/mol. The lowest BCUT2D eigenvalue weighted by Gasteiger charge is -2.33. The van der Waals surface area contributed by atoms with Gasteiger partial charge in [0.05, 0.1) is 0 Å². The molecule has 3 rings (SSSR count). The minimum absolute atomic E-state index is 0.220. The maximum Gasteiger partial charge on any atom is 0.224 e. The number of likely N-dealkylation sites (tertiary alicyclic amines) is 1. The number of hydrogen-bond acceptors (Lipinski definition) is 2. The highest BCUT2D eigenvalue weighted by molar-refractivity contribution is 5.78. The van der Waals surface area contributed by atoms with Crippen molar-refractivity contribution in [3.63, 3.8) is 0 Å². The zero-order valence-corrected chi connectivity index (χ0v) is 14.7. The van der Waals surface area contributed by atoms with Crippen molar-refractivity contribution in [1.29, 1.82) is 0 Å². The van der Waals surface area contributed by atoms with E-state index in [1.807, 2.05) is 0 Å². The number of nitrogens with one attached hydrogen (secondary N) is 1. The van der Waals surface area contributed by atoms with Gasteiger partial charge in [-0.25, -0.2) is 0 Å². The molecule has 1 amide bonds. The van der Waals surface area contributed by atoms with E-state index in [2.05, 4.69) is 46.6 Å². The molecule has 3 heteroatoms. The van der Waals surface area contributed by atoms with Crippen LogP contribution in [0, 0.1) is 0 Å². The van der Waals surface area contributed by atoms with E-state index in [1.54, 1.807) is 0 Å². The molecule has 1 saturated heterocycles. The summed E-state index contributed by atoms with van der Waals surface area (Å²) in [5.74, 6) is 0.220. The fraction of sp³-hybridized carbons (Fsp3) is 0.571. The Bertz CT molecular complexity index is 552. The number of carbonyl (C=O) groups excluding carboxylic acids is 1. The summed E-state index contributed by atoms with van der Waals surface area (Å²) in [6, 6.07) is 11.0. The van der Waals surface area contributed by atoms with Crippen molar-refractivity contribution in [3.05, 3.63) is 47.5 Å². The number of rotatable bonds is 6. The van der Waals surface area contributed by atoms with Crippen LogP contribution in [0.15, 0.2) is 42.0 Å². The molecule has 0 unspecified atom stereocenters. The standard InChI is InChI=1S/C21H30N2O/c24-21(16-19-10-5-2-6-11-19)22-20-12-7-14-23(17-20)15-13-18-8-3-1-4-9-18/h1,3-4,8-10,20H,2,5-7,11-17H2,(H,22,24)/t20-/m0/s1. The molecule has 1 heterocycles. The van der Waals surface area contributed by atoms with Gasteiger partial charge in [0.15, 0.2) is 0 Å². The van der Waals surface area contributed by atoms with Gasteiger partial charge in [0.1, 0.15) is 0 Å². The van der Waals surface area contributed by atoms with Gasteiger partial charge in [-0.1, -0.05) is 42.0 Å². The third-order valence-electron chi connectivity index (χ3n) is 5.20. The highest BCUT2D eigenvalue weighted by Gasteiger charge is 2.21. The smallest absolute Gasteiger partial charge is 0.224 e. The molecule has 130 valence electrons. The number of benzene rings is 1. The zero-order valence-electron chi connectivity index (χ0n) is 14.7. The van der Waals surface area contributed by atoms with Crippen LogP contribution in [0.3, 0.4) is 0 Å².